The van der Waals surface area contributed by atoms with Crippen LogP contribution in [0, 0.1) is 17.7 Å². The average molecular weight is 372 g/mol. The van der Waals surface area contributed by atoms with Crippen LogP contribution < -0.4 is 4.90 Å². The van der Waals surface area contributed by atoms with Crippen LogP contribution in [-0.2, 0) is 16.1 Å². The van der Waals surface area contributed by atoms with Gasteiger partial charge in [0, 0.05) is 31.3 Å². The summed E-state index contributed by atoms with van der Waals surface area (Å²) in [5.41, 5.74) is 1.18. The van der Waals surface area contributed by atoms with Gasteiger partial charge < -0.3 is 14.7 Å². The van der Waals surface area contributed by atoms with Gasteiger partial charge in [0.2, 0.25) is 0 Å². The Hall–Kier alpha value is -2.42. The highest BCUT2D eigenvalue weighted by Gasteiger charge is 2.52. The summed E-state index contributed by atoms with van der Waals surface area (Å²) in [5, 5.41) is 9.52. The topological polar surface area (TPSA) is 62.7 Å². The Balaban J connectivity index is 2.09. The third-order valence-corrected chi connectivity index (χ3v) is 4.49. The monoisotopic (exact) mass is 372 g/mol. The normalized spacial score (nSPS) is 20.7. The molecule has 3 rings (SSSR count). The lowest BCUT2D eigenvalue weighted by Gasteiger charge is -2.22. The molecule has 0 aliphatic carbocycles. The van der Waals surface area contributed by atoms with Gasteiger partial charge in [-0.2, -0.15) is 13.2 Å². The molecule has 0 saturated carbocycles. The number of halogens is 4. The van der Waals surface area contributed by atoms with Gasteiger partial charge in [-0.1, -0.05) is 0 Å². The van der Waals surface area contributed by atoms with Crippen LogP contribution in [0.5, 0.6) is 0 Å². The molecule has 140 valence electrons. The van der Waals surface area contributed by atoms with Crippen molar-refractivity contribution in [2.45, 2.75) is 12.8 Å². The van der Waals surface area contributed by atoms with E-state index < -0.39 is 36.3 Å². The van der Waals surface area contributed by atoms with Gasteiger partial charge in [0.1, 0.15) is 5.82 Å². The van der Waals surface area contributed by atoms with E-state index in [0.29, 0.717) is 22.3 Å². The smallest absolute Gasteiger partial charge is 0.394 e. The van der Waals surface area contributed by atoms with Crippen LogP contribution in [0.25, 0.3) is 10.9 Å². The van der Waals surface area contributed by atoms with E-state index >= 15 is 0 Å². The Morgan fingerprint density at radius 1 is 1.35 bits per heavy atom. The largest absolute Gasteiger partial charge is 0.481 e. The Bertz CT molecular complexity index is 841. The number of nitrogens with zero attached hydrogens (tertiary/aromatic N) is 2. The van der Waals surface area contributed by atoms with E-state index in [0.717, 1.165) is 0 Å². The first-order valence-electron chi connectivity index (χ1n) is 7.83. The van der Waals surface area contributed by atoms with Gasteiger partial charge in [0.25, 0.3) is 0 Å². The maximum Gasteiger partial charge on any atom is 0.394 e. The molecule has 1 aromatic carbocycles. The molecule has 5 nitrogen and oxygen atoms in total. The summed E-state index contributed by atoms with van der Waals surface area (Å²) in [4.78, 5) is 16.9. The molecule has 0 spiro atoms. The SMILES string of the molecule is COCc1cc(N2C[C@@H](C(F)(F)F)[C@H](C(=O)O)C2)c2cc(F)ccc2n1. The van der Waals surface area contributed by atoms with Gasteiger partial charge in [-0.15, -0.1) is 0 Å². The van der Waals surface area contributed by atoms with Gasteiger partial charge in [0.05, 0.1) is 29.7 Å². The fourth-order valence-corrected chi connectivity index (χ4v) is 3.30. The van der Waals surface area contributed by atoms with E-state index in [-0.39, 0.29) is 13.2 Å². The first-order chi connectivity index (χ1) is 12.2. The van der Waals surface area contributed by atoms with Crippen LogP contribution in [0.4, 0.5) is 23.2 Å². The first-order valence-corrected chi connectivity index (χ1v) is 7.83. The van der Waals surface area contributed by atoms with Gasteiger partial charge in [-0.25, -0.2) is 4.39 Å². The molecule has 0 bridgehead atoms. The summed E-state index contributed by atoms with van der Waals surface area (Å²) < 4.78 is 58.5. The summed E-state index contributed by atoms with van der Waals surface area (Å²) >= 11 is 0. The maximum absolute atomic E-state index is 13.7. The first kappa shape index (κ1) is 18.4. The minimum absolute atomic E-state index is 0.124. The number of hydrogen-bond donors (Lipinski definition) is 1. The van der Waals surface area contributed by atoms with E-state index in [1.165, 1.54) is 36.3 Å². The fraction of sp³-hybridized carbons (Fsp3) is 0.412. The van der Waals surface area contributed by atoms with Gasteiger partial charge in [0.15, 0.2) is 0 Å². The summed E-state index contributed by atoms with van der Waals surface area (Å²) in [6, 6.07) is 5.34. The summed E-state index contributed by atoms with van der Waals surface area (Å²) in [6.45, 7) is -0.705. The van der Waals surface area contributed by atoms with Crippen molar-refractivity contribution in [3.8, 4) is 0 Å². The second-order valence-corrected chi connectivity index (χ2v) is 6.23. The van der Waals surface area contributed by atoms with Gasteiger partial charge >= 0.3 is 12.1 Å². The standard InChI is InChI=1S/C17H16F4N2O3/c1-26-8-10-5-15(11-4-9(18)2-3-14(11)22-10)23-6-12(16(24)25)13(7-23)17(19,20)21/h2-5,12-13H,6-8H2,1H3,(H,24,25)/t12-,13-/m1/s1. The van der Waals surface area contributed by atoms with Crippen molar-refractivity contribution < 1.29 is 32.2 Å². The van der Waals surface area contributed by atoms with Crippen molar-refractivity contribution in [1.82, 2.24) is 4.98 Å². The Kier molecular flexibility index (Phi) is 4.74. The number of carbonyl (C=O) groups is 1. The van der Waals surface area contributed by atoms with Crippen molar-refractivity contribution in [1.29, 1.82) is 0 Å². The van der Waals surface area contributed by atoms with Crippen LogP contribution in [0.2, 0.25) is 0 Å². The number of fused-ring (bicyclic) bond motifs is 1. The fourth-order valence-electron chi connectivity index (χ4n) is 3.30. The highest BCUT2D eigenvalue weighted by atomic mass is 19.4. The molecule has 0 unspecified atom stereocenters. The minimum Gasteiger partial charge on any atom is -0.481 e. The van der Waals surface area contributed by atoms with E-state index in [4.69, 9.17) is 4.74 Å². The lowest BCUT2D eigenvalue weighted by molar-refractivity contribution is -0.187. The molecule has 1 N–H and O–H groups in total. The molecule has 1 saturated heterocycles. The van der Waals surface area contributed by atoms with Crippen LogP contribution >= 0.6 is 0 Å². The van der Waals surface area contributed by atoms with Crippen molar-refractivity contribution in [3.63, 3.8) is 0 Å². The maximum atomic E-state index is 13.7. The van der Waals surface area contributed by atoms with Crippen LogP contribution in [0.15, 0.2) is 24.3 Å². The lowest BCUT2D eigenvalue weighted by Crippen LogP contribution is -2.33. The molecule has 2 aromatic rings. The zero-order valence-corrected chi connectivity index (χ0v) is 13.8. The summed E-state index contributed by atoms with van der Waals surface area (Å²) in [6.07, 6.45) is -4.64. The lowest BCUT2D eigenvalue weighted by atomic mass is 9.96. The Morgan fingerprint density at radius 3 is 2.65 bits per heavy atom. The Labute approximate surface area is 146 Å². The number of alkyl halides is 3. The van der Waals surface area contributed by atoms with Crippen molar-refractivity contribution >= 4 is 22.6 Å². The molecule has 0 radical (unpaired) electrons. The van der Waals surface area contributed by atoms with Crippen LogP contribution in [-0.4, -0.2) is 42.4 Å². The number of aromatic nitrogens is 1. The van der Waals surface area contributed by atoms with Crippen molar-refractivity contribution in [2.24, 2.45) is 11.8 Å². The zero-order chi connectivity index (χ0) is 19.1. The third-order valence-electron chi connectivity index (χ3n) is 4.49. The van der Waals surface area contributed by atoms with E-state index in [2.05, 4.69) is 4.98 Å². The molecular weight excluding hydrogens is 356 g/mol. The highest BCUT2D eigenvalue weighted by Crippen LogP contribution is 2.41. The molecule has 1 aliphatic heterocycles. The van der Waals surface area contributed by atoms with Gasteiger partial charge in [-0.3, -0.25) is 9.78 Å². The summed E-state index contributed by atoms with van der Waals surface area (Å²) in [7, 11) is 1.45. The predicted octanol–water partition coefficient (Wildman–Crippen LogP) is 3.22. The second kappa shape index (κ2) is 6.71. The number of anilines is 1. The predicted molar refractivity (Wildman–Crippen MR) is 85.3 cm³/mol. The van der Waals surface area contributed by atoms with Crippen LogP contribution in [0.3, 0.4) is 0 Å². The van der Waals surface area contributed by atoms with Crippen molar-refractivity contribution in [2.75, 3.05) is 25.1 Å². The van der Waals surface area contributed by atoms with E-state index in [1.807, 2.05) is 0 Å². The average Bonchev–Trinajstić information content (AvgIpc) is 3.00. The quantitative estimate of drug-likeness (QED) is 0.835. The molecule has 0 amide bonds. The molecular formula is C17H16F4N2O3. The number of pyridine rings is 1. The number of aliphatic carboxylic acids is 1. The van der Waals surface area contributed by atoms with Crippen molar-refractivity contribution in [3.05, 3.63) is 35.8 Å². The number of benzene rings is 1. The summed E-state index contributed by atoms with van der Waals surface area (Å²) in [5.74, 6) is -5.64. The molecule has 1 aromatic heterocycles. The number of rotatable bonds is 4. The van der Waals surface area contributed by atoms with Crippen LogP contribution in [0.1, 0.15) is 5.69 Å². The molecule has 9 heteroatoms. The zero-order valence-electron chi connectivity index (χ0n) is 13.8. The van der Waals surface area contributed by atoms with E-state index in [1.54, 1.807) is 0 Å². The highest BCUT2D eigenvalue weighted by molar-refractivity contribution is 5.92. The molecule has 26 heavy (non-hydrogen) atoms. The van der Waals surface area contributed by atoms with Gasteiger partial charge in [-0.05, 0) is 24.3 Å². The molecule has 1 aliphatic rings. The number of carboxylic acids is 1. The third kappa shape index (κ3) is 3.44. The Morgan fingerprint density at radius 2 is 2.08 bits per heavy atom. The molecule has 1 fully saturated rings. The second-order valence-electron chi connectivity index (χ2n) is 6.23. The minimum atomic E-state index is -4.64. The number of hydrogen-bond acceptors (Lipinski definition) is 4. The molecule has 2 atom stereocenters. The number of methoxy groups -OCH3 is 1. The molecule has 2 heterocycles. The number of ether oxygens (including phenoxy) is 1. The van der Waals surface area contributed by atoms with E-state index in [9.17, 15) is 27.5 Å². The number of carboxylic acid groups (broad SMARTS) is 1.